The maximum Gasteiger partial charge on any atom is 0.162 e. The molecule has 8 atom stereocenters. The molecule has 1 saturated carbocycles. The number of rotatable bonds is 0. The second-order valence-corrected chi connectivity index (χ2v) is 8.20. The van der Waals surface area contributed by atoms with Gasteiger partial charge in [0.05, 0.1) is 10.5 Å². The first-order chi connectivity index (χ1) is 8.90. The third-order valence-electron chi connectivity index (χ3n) is 5.82. The fourth-order valence-corrected chi connectivity index (χ4v) is 5.04. The van der Waals surface area contributed by atoms with Gasteiger partial charge in [0, 0.05) is 5.92 Å². The zero-order chi connectivity index (χ0) is 13.8. The largest absolute Gasteiger partial charge is 0.349 e. The average Bonchev–Trinajstić information content (AvgIpc) is 2.48. The van der Waals surface area contributed by atoms with Crippen molar-refractivity contribution >= 4 is 23.8 Å². The summed E-state index contributed by atoms with van der Waals surface area (Å²) in [6.45, 7) is 6.78. The summed E-state index contributed by atoms with van der Waals surface area (Å²) in [5.41, 5.74) is 0. The molecule has 0 bridgehead atoms. The molecule has 2 radical (unpaired) electrons. The Morgan fingerprint density at radius 2 is 1.74 bits per heavy atom. The van der Waals surface area contributed by atoms with Crippen molar-refractivity contribution in [3.05, 3.63) is 0 Å². The minimum atomic E-state index is -0.728. The fraction of sp³-hybridized carbons (Fsp3) is 1.00. The Bertz CT molecular complexity index is 349. The average molecular weight is 327 g/mol. The quantitative estimate of drug-likeness (QED) is 0.499. The van der Waals surface area contributed by atoms with E-state index in [1.54, 1.807) is 0 Å². The highest BCUT2D eigenvalue weighted by atomic mass is 79.9. The Morgan fingerprint density at radius 1 is 1.05 bits per heavy atom. The maximum atomic E-state index is 6.31. The summed E-state index contributed by atoms with van der Waals surface area (Å²) in [7, 11) is 6.31. The van der Waals surface area contributed by atoms with Crippen LogP contribution in [0.1, 0.15) is 46.5 Å². The Morgan fingerprint density at radius 3 is 2.47 bits per heavy atom. The molecular formula is C15H24BBrO2. The van der Waals surface area contributed by atoms with Gasteiger partial charge < -0.3 is 9.47 Å². The zero-order valence-electron chi connectivity index (χ0n) is 12.1. The summed E-state index contributed by atoms with van der Waals surface area (Å²) in [5, 5.41) is 0. The Balaban J connectivity index is 1.94. The Hall–Kier alpha value is 0.465. The summed E-state index contributed by atoms with van der Waals surface area (Å²) < 4.78 is 11.5. The lowest BCUT2D eigenvalue weighted by atomic mass is 9.58. The van der Waals surface area contributed by atoms with Gasteiger partial charge in [-0.05, 0) is 49.9 Å². The van der Waals surface area contributed by atoms with E-state index >= 15 is 0 Å². The van der Waals surface area contributed by atoms with Crippen LogP contribution in [0, 0.1) is 29.6 Å². The highest BCUT2D eigenvalue weighted by molar-refractivity contribution is 9.10. The first-order valence-corrected chi connectivity index (χ1v) is 8.50. The summed E-state index contributed by atoms with van der Waals surface area (Å²) in [5.74, 6) is 3.00. The molecule has 106 valence electrons. The predicted octanol–water partition coefficient (Wildman–Crippen LogP) is 3.67. The third-order valence-corrected chi connectivity index (χ3v) is 6.73. The highest BCUT2D eigenvalue weighted by Crippen LogP contribution is 2.55. The molecule has 0 amide bonds. The SMILES string of the molecule is [B][C@]1(Br)O[C@@H]2O[C@@H](C)CC[C@@H]3C2[C@@H](CC[C@H]3C)[C@H]1C. The third kappa shape index (κ3) is 2.42. The number of hydrogen-bond acceptors (Lipinski definition) is 2. The molecule has 0 spiro atoms. The number of ether oxygens (including phenoxy) is 2. The van der Waals surface area contributed by atoms with Crippen molar-refractivity contribution in [3.8, 4) is 0 Å². The summed E-state index contributed by atoms with van der Waals surface area (Å²) in [6, 6.07) is 0. The lowest BCUT2D eigenvalue weighted by Crippen LogP contribution is -2.57. The number of halogens is 1. The molecule has 2 nitrogen and oxygen atoms in total. The second kappa shape index (κ2) is 5.03. The second-order valence-electron chi connectivity index (χ2n) is 6.96. The maximum absolute atomic E-state index is 6.31. The van der Waals surface area contributed by atoms with Gasteiger partial charge in [0.25, 0.3) is 0 Å². The van der Waals surface area contributed by atoms with Crippen molar-refractivity contribution in [1.82, 2.24) is 0 Å². The fourth-order valence-electron chi connectivity index (χ4n) is 4.52. The van der Waals surface area contributed by atoms with E-state index in [0.717, 1.165) is 18.3 Å². The molecule has 2 saturated heterocycles. The van der Waals surface area contributed by atoms with E-state index in [1.807, 2.05) is 0 Å². The first-order valence-electron chi connectivity index (χ1n) is 7.71. The van der Waals surface area contributed by atoms with Crippen LogP contribution in [0.25, 0.3) is 0 Å². The van der Waals surface area contributed by atoms with Crippen LogP contribution in [0.3, 0.4) is 0 Å². The van der Waals surface area contributed by atoms with Crippen molar-refractivity contribution in [1.29, 1.82) is 0 Å². The summed E-state index contributed by atoms with van der Waals surface area (Å²) in [6.07, 6.45) is 5.14. The van der Waals surface area contributed by atoms with Gasteiger partial charge in [0.2, 0.25) is 0 Å². The van der Waals surface area contributed by atoms with Crippen LogP contribution in [0.5, 0.6) is 0 Å². The topological polar surface area (TPSA) is 18.5 Å². The summed E-state index contributed by atoms with van der Waals surface area (Å²) in [4.78, 5) is 0. The van der Waals surface area contributed by atoms with Gasteiger partial charge in [0.1, 0.15) is 7.85 Å². The van der Waals surface area contributed by atoms with Gasteiger partial charge in [0.15, 0.2) is 6.29 Å². The van der Waals surface area contributed by atoms with Gasteiger partial charge >= 0.3 is 0 Å². The Labute approximate surface area is 126 Å². The molecule has 0 N–H and O–H groups in total. The predicted molar refractivity (Wildman–Crippen MR) is 80.1 cm³/mol. The van der Waals surface area contributed by atoms with Crippen LogP contribution in [0.2, 0.25) is 0 Å². The molecule has 19 heavy (non-hydrogen) atoms. The molecule has 2 heterocycles. The van der Waals surface area contributed by atoms with Gasteiger partial charge in [-0.15, -0.1) is 0 Å². The lowest BCUT2D eigenvalue weighted by molar-refractivity contribution is -0.267. The molecule has 0 aromatic carbocycles. The van der Waals surface area contributed by atoms with Gasteiger partial charge in [-0.1, -0.05) is 36.2 Å². The normalized spacial score (nSPS) is 58.2. The van der Waals surface area contributed by atoms with E-state index in [-0.39, 0.29) is 12.4 Å². The first kappa shape index (κ1) is 14.4. The molecule has 2 aliphatic heterocycles. The van der Waals surface area contributed by atoms with Crippen molar-refractivity contribution in [2.75, 3.05) is 0 Å². The van der Waals surface area contributed by atoms with E-state index in [9.17, 15) is 0 Å². The molecule has 1 aliphatic carbocycles. The van der Waals surface area contributed by atoms with E-state index in [0.29, 0.717) is 17.8 Å². The van der Waals surface area contributed by atoms with Crippen LogP contribution in [0.4, 0.5) is 0 Å². The molecule has 0 aromatic rings. The van der Waals surface area contributed by atoms with Crippen LogP contribution in [-0.2, 0) is 9.47 Å². The number of hydrogen-bond donors (Lipinski definition) is 0. The summed E-state index contributed by atoms with van der Waals surface area (Å²) >= 11 is 3.58. The minimum Gasteiger partial charge on any atom is -0.349 e. The molecular weight excluding hydrogens is 303 g/mol. The van der Waals surface area contributed by atoms with Crippen LogP contribution < -0.4 is 0 Å². The molecule has 3 rings (SSSR count). The van der Waals surface area contributed by atoms with E-state index in [1.165, 1.54) is 19.3 Å². The van der Waals surface area contributed by atoms with Crippen molar-refractivity contribution in [2.45, 2.75) is 63.3 Å². The van der Waals surface area contributed by atoms with Gasteiger partial charge in [-0.2, -0.15) is 0 Å². The van der Waals surface area contributed by atoms with Crippen molar-refractivity contribution in [2.24, 2.45) is 29.6 Å². The van der Waals surface area contributed by atoms with E-state index in [2.05, 4.69) is 36.7 Å². The number of alkyl halides is 1. The molecule has 3 aliphatic rings. The Kier molecular flexibility index (Phi) is 3.81. The van der Waals surface area contributed by atoms with Crippen molar-refractivity contribution < 1.29 is 9.47 Å². The molecule has 1 unspecified atom stereocenters. The van der Waals surface area contributed by atoms with Crippen LogP contribution >= 0.6 is 15.9 Å². The standard InChI is InChI=1S/C15H24BBrO2/c1-8-4-6-12-10(3)15(16,17)19-14-13(12)11(8)7-5-9(2)18-14/h8-14H,4-7H2,1-3H3/t8-,9+,10-,11+,12+,13?,14+,15-/m1/s1. The smallest absolute Gasteiger partial charge is 0.162 e. The van der Waals surface area contributed by atoms with Crippen LogP contribution in [0.15, 0.2) is 0 Å². The zero-order valence-corrected chi connectivity index (χ0v) is 13.7. The van der Waals surface area contributed by atoms with Crippen molar-refractivity contribution in [3.63, 3.8) is 0 Å². The van der Waals surface area contributed by atoms with E-state index in [4.69, 9.17) is 17.3 Å². The lowest BCUT2D eigenvalue weighted by Gasteiger charge is -2.54. The van der Waals surface area contributed by atoms with Gasteiger partial charge in [-0.25, -0.2) is 0 Å². The molecule has 0 aromatic heterocycles. The monoisotopic (exact) mass is 326 g/mol. The minimum absolute atomic E-state index is 0.129. The molecule has 4 heteroatoms. The van der Waals surface area contributed by atoms with Crippen LogP contribution in [-0.4, -0.2) is 24.6 Å². The molecule has 3 fully saturated rings. The van der Waals surface area contributed by atoms with E-state index < -0.39 is 4.41 Å². The highest BCUT2D eigenvalue weighted by Gasteiger charge is 2.54. The van der Waals surface area contributed by atoms with Gasteiger partial charge in [-0.3, -0.25) is 0 Å².